The molecule has 0 saturated heterocycles. The Kier molecular flexibility index (Phi) is 8.77. The summed E-state index contributed by atoms with van der Waals surface area (Å²) in [5, 5.41) is 2.42. The maximum atomic E-state index is 12.7. The van der Waals surface area contributed by atoms with Crippen LogP contribution in [0.1, 0.15) is 22.9 Å². The Morgan fingerprint density at radius 3 is 2.23 bits per heavy atom. The van der Waals surface area contributed by atoms with Gasteiger partial charge in [-0.2, -0.15) is 13.2 Å². The van der Waals surface area contributed by atoms with Crippen molar-refractivity contribution in [2.45, 2.75) is 18.6 Å². The van der Waals surface area contributed by atoms with Crippen molar-refractivity contribution < 1.29 is 40.6 Å². The van der Waals surface area contributed by atoms with Crippen molar-refractivity contribution in [3.8, 4) is 18.1 Å². The molecule has 0 aliphatic rings. The molecule has 2 aromatic carbocycles. The number of anilines is 1. The summed E-state index contributed by atoms with van der Waals surface area (Å²) in [5.41, 5.74) is 5.89. The Morgan fingerprint density at radius 1 is 1.03 bits per heavy atom. The number of nitrogens with two attached hydrogens (primary N) is 1. The highest BCUT2D eigenvalue weighted by Crippen LogP contribution is 2.28. The largest absolute Gasteiger partial charge is 0.573 e. The SMILES string of the molecule is C#CC(OC(=O)Nc1ccc(C(N)=NC=Nc2ccc(OC(F)(F)F)cc2)cc1)c1ccc(C(F)(F)F)nc1. The molecule has 0 aliphatic heterocycles. The van der Waals surface area contributed by atoms with E-state index in [4.69, 9.17) is 16.9 Å². The summed E-state index contributed by atoms with van der Waals surface area (Å²) in [7, 11) is 0. The third-order valence-corrected chi connectivity index (χ3v) is 4.66. The molecular formula is C25H17F6N5O3. The standard InChI is InChI=1S/C25H17F6N5O3/c1-2-20(16-5-12-21(33-13-16)24(26,27)28)38-23(37)36-18-6-3-15(4-7-18)22(32)35-14-34-17-8-10-19(11-9-17)39-25(29,30)31/h1,3-14,20H,(H,36,37)(H2,32,34,35). The second kappa shape index (κ2) is 12.0. The first-order valence-electron chi connectivity index (χ1n) is 10.6. The van der Waals surface area contributed by atoms with Crippen molar-refractivity contribution in [2.75, 3.05) is 5.32 Å². The number of hydrogen-bond acceptors (Lipinski definition) is 5. The minimum atomic E-state index is -4.80. The van der Waals surface area contributed by atoms with Gasteiger partial charge in [-0.1, -0.05) is 12.0 Å². The summed E-state index contributed by atoms with van der Waals surface area (Å²) in [6.07, 6.45) is -4.36. The molecule has 3 N–H and O–H groups in total. The molecular weight excluding hydrogens is 532 g/mol. The number of aromatic nitrogens is 1. The average molecular weight is 549 g/mol. The number of amidine groups is 1. The van der Waals surface area contributed by atoms with Crippen LogP contribution in [0, 0.1) is 12.3 Å². The highest BCUT2D eigenvalue weighted by Gasteiger charge is 2.32. The van der Waals surface area contributed by atoms with Crippen molar-refractivity contribution in [2.24, 2.45) is 15.7 Å². The van der Waals surface area contributed by atoms with Gasteiger partial charge < -0.3 is 15.2 Å². The van der Waals surface area contributed by atoms with E-state index < -0.39 is 36.2 Å². The van der Waals surface area contributed by atoms with E-state index in [1.165, 1.54) is 36.4 Å². The second-order valence-corrected chi connectivity index (χ2v) is 7.43. The van der Waals surface area contributed by atoms with Crippen LogP contribution in [0.5, 0.6) is 5.75 Å². The molecule has 0 spiro atoms. The van der Waals surface area contributed by atoms with E-state index in [2.05, 4.69) is 30.9 Å². The number of alkyl halides is 6. The van der Waals surface area contributed by atoms with Crippen LogP contribution in [-0.2, 0) is 10.9 Å². The van der Waals surface area contributed by atoms with E-state index in [-0.39, 0.29) is 17.1 Å². The Hall–Kier alpha value is -5.06. The zero-order chi connectivity index (χ0) is 28.6. The summed E-state index contributed by atoms with van der Waals surface area (Å²) in [5.74, 6) is 1.81. The Balaban J connectivity index is 1.56. The summed E-state index contributed by atoms with van der Waals surface area (Å²) < 4.78 is 83.5. The van der Waals surface area contributed by atoms with Crippen LogP contribution in [0.3, 0.4) is 0 Å². The number of carbonyl (C=O) groups is 1. The van der Waals surface area contributed by atoms with Gasteiger partial charge in [0.15, 0.2) is 6.10 Å². The van der Waals surface area contributed by atoms with E-state index in [1.807, 2.05) is 0 Å². The molecule has 0 fully saturated rings. The number of terminal acetylenes is 1. The molecule has 14 heteroatoms. The van der Waals surface area contributed by atoms with Crippen LogP contribution in [0.15, 0.2) is 76.8 Å². The van der Waals surface area contributed by atoms with Crippen molar-refractivity contribution in [3.05, 3.63) is 83.7 Å². The monoisotopic (exact) mass is 549 g/mol. The lowest BCUT2D eigenvalue weighted by Crippen LogP contribution is -2.18. The summed E-state index contributed by atoms with van der Waals surface area (Å²) in [6, 6.07) is 12.5. The number of amides is 1. The van der Waals surface area contributed by atoms with Gasteiger partial charge in [-0.25, -0.2) is 14.8 Å². The van der Waals surface area contributed by atoms with E-state index in [9.17, 15) is 31.1 Å². The number of nitrogens with zero attached hydrogens (tertiary/aromatic N) is 3. The van der Waals surface area contributed by atoms with Crippen LogP contribution >= 0.6 is 0 Å². The number of pyridine rings is 1. The first kappa shape index (κ1) is 28.5. The molecule has 0 saturated carbocycles. The van der Waals surface area contributed by atoms with Gasteiger partial charge in [0.25, 0.3) is 0 Å². The van der Waals surface area contributed by atoms with E-state index >= 15 is 0 Å². The van der Waals surface area contributed by atoms with Gasteiger partial charge in [-0.05, 0) is 54.6 Å². The van der Waals surface area contributed by atoms with Crippen LogP contribution in [0.25, 0.3) is 0 Å². The molecule has 1 heterocycles. The number of aliphatic imine (C=N–C) groups is 2. The lowest BCUT2D eigenvalue weighted by atomic mass is 10.1. The molecule has 8 nitrogen and oxygen atoms in total. The fourth-order valence-electron chi connectivity index (χ4n) is 2.87. The highest BCUT2D eigenvalue weighted by molar-refractivity contribution is 6.01. The van der Waals surface area contributed by atoms with Crippen molar-refractivity contribution in [1.29, 1.82) is 0 Å². The molecule has 3 rings (SSSR count). The van der Waals surface area contributed by atoms with E-state index in [0.29, 0.717) is 11.3 Å². The number of halogens is 6. The van der Waals surface area contributed by atoms with Gasteiger partial charge in [0.2, 0.25) is 0 Å². The minimum absolute atomic E-state index is 0.0482. The van der Waals surface area contributed by atoms with Crippen LogP contribution < -0.4 is 15.8 Å². The molecule has 0 bridgehead atoms. The topological polar surface area (TPSA) is 111 Å². The molecule has 3 aromatic rings. The Labute approximate surface area is 217 Å². The molecule has 202 valence electrons. The number of benzene rings is 2. The van der Waals surface area contributed by atoms with Crippen LogP contribution in [-0.4, -0.2) is 29.6 Å². The molecule has 1 amide bonds. The second-order valence-electron chi connectivity index (χ2n) is 7.43. The van der Waals surface area contributed by atoms with Gasteiger partial charge in [0.1, 0.15) is 23.6 Å². The van der Waals surface area contributed by atoms with Crippen LogP contribution in [0.2, 0.25) is 0 Å². The predicted molar refractivity (Wildman–Crippen MR) is 129 cm³/mol. The molecule has 0 aliphatic carbocycles. The third-order valence-electron chi connectivity index (χ3n) is 4.66. The smallest absolute Gasteiger partial charge is 0.428 e. The zero-order valence-corrected chi connectivity index (χ0v) is 19.5. The normalized spacial score (nSPS) is 13.0. The maximum absolute atomic E-state index is 12.7. The fourth-order valence-corrected chi connectivity index (χ4v) is 2.87. The lowest BCUT2D eigenvalue weighted by molar-refractivity contribution is -0.274. The first-order valence-corrected chi connectivity index (χ1v) is 10.6. The summed E-state index contributed by atoms with van der Waals surface area (Å²) in [6.45, 7) is 0. The van der Waals surface area contributed by atoms with Gasteiger partial charge >= 0.3 is 18.6 Å². The molecule has 1 unspecified atom stereocenters. The summed E-state index contributed by atoms with van der Waals surface area (Å²) in [4.78, 5) is 23.4. The fraction of sp³-hybridized carbons (Fsp3) is 0.120. The van der Waals surface area contributed by atoms with Gasteiger partial charge in [-0.3, -0.25) is 10.3 Å². The molecule has 1 aromatic heterocycles. The first-order chi connectivity index (χ1) is 18.3. The lowest BCUT2D eigenvalue weighted by Gasteiger charge is -2.14. The highest BCUT2D eigenvalue weighted by atomic mass is 19.4. The number of rotatable bonds is 7. The van der Waals surface area contributed by atoms with Crippen molar-refractivity contribution in [1.82, 2.24) is 4.98 Å². The maximum Gasteiger partial charge on any atom is 0.573 e. The molecule has 0 radical (unpaired) electrons. The van der Waals surface area contributed by atoms with Crippen molar-refractivity contribution >= 4 is 29.6 Å². The van der Waals surface area contributed by atoms with Gasteiger partial charge in [-0.15, -0.1) is 19.6 Å². The molecule has 39 heavy (non-hydrogen) atoms. The Morgan fingerprint density at radius 2 is 1.69 bits per heavy atom. The summed E-state index contributed by atoms with van der Waals surface area (Å²) >= 11 is 0. The quantitative estimate of drug-likeness (QED) is 0.163. The van der Waals surface area contributed by atoms with E-state index in [0.717, 1.165) is 36.8 Å². The van der Waals surface area contributed by atoms with Gasteiger partial charge in [0.05, 0.1) is 5.69 Å². The number of ether oxygens (including phenoxy) is 2. The number of carbonyl (C=O) groups excluding carboxylic acids is 1. The van der Waals surface area contributed by atoms with Crippen molar-refractivity contribution in [3.63, 3.8) is 0 Å². The molecule has 1 atom stereocenters. The van der Waals surface area contributed by atoms with Gasteiger partial charge in [0, 0.05) is 23.0 Å². The number of nitrogens with one attached hydrogen (secondary N) is 1. The van der Waals surface area contributed by atoms with Crippen LogP contribution in [0.4, 0.5) is 42.5 Å². The zero-order valence-electron chi connectivity index (χ0n) is 19.5. The number of hydrogen-bond donors (Lipinski definition) is 2. The average Bonchev–Trinajstić information content (AvgIpc) is 2.87. The van der Waals surface area contributed by atoms with E-state index in [1.54, 1.807) is 0 Å². The Bertz CT molecular complexity index is 1380. The third kappa shape index (κ3) is 8.78. The minimum Gasteiger partial charge on any atom is -0.428 e. The predicted octanol–water partition coefficient (Wildman–Crippen LogP) is 5.99.